The maximum absolute atomic E-state index is 11.5. The number of nitrogens with one attached hydrogen (secondary N) is 1. The molecule has 82 valence electrons. The van der Waals surface area contributed by atoms with Gasteiger partial charge in [-0.3, -0.25) is 4.79 Å². The Balaban J connectivity index is 2.54. The number of benzene rings is 1. The van der Waals surface area contributed by atoms with Crippen molar-refractivity contribution in [1.29, 1.82) is 0 Å². The zero-order valence-electron chi connectivity index (χ0n) is 8.73. The molecular weight excluding hydrogens is 192 g/mol. The van der Waals surface area contributed by atoms with E-state index in [0.29, 0.717) is 17.7 Å². The van der Waals surface area contributed by atoms with Gasteiger partial charge in [-0.05, 0) is 24.6 Å². The van der Waals surface area contributed by atoms with Gasteiger partial charge in [0.2, 0.25) is 0 Å². The van der Waals surface area contributed by atoms with Gasteiger partial charge in [-0.1, -0.05) is 13.0 Å². The first-order valence-corrected chi connectivity index (χ1v) is 4.95. The standard InChI is InChI=1S/C11H16N2O2/c1-2-10(14)7-13-11(15)8-4-3-5-9(12)6-8/h3-6,10,14H,2,7,12H2,1H3,(H,13,15). The van der Waals surface area contributed by atoms with Crippen molar-refractivity contribution < 1.29 is 9.90 Å². The lowest BCUT2D eigenvalue weighted by molar-refractivity contribution is 0.0914. The van der Waals surface area contributed by atoms with Crippen LogP contribution >= 0.6 is 0 Å². The van der Waals surface area contributed by atoms with Gasteiger partial charge < -0.3 is 16.2 Å². The third-order valence-corrected chi connectivity index (χ3v) is 2.12. The minimum Gasteiger partial charge on any atom is -0.399 e. The number of amides is 1. The monoisotopic (exact) mass is 208 g/mol. The van der Waals surface area contributed by atoms with Crippen molar-refractivity contribution in [1.82, 2.24) is 5.32 Å². The molecule has 1 rings (SSSR count). The molecule has 0 aliphatic rings. The lowest BCUT2D eigenvalue weighted by atomic mass is 10.2. The number of aliphatic hydroxyl groups excluding tert-OH is 1. The number of carbonyl (C=O) groups excluding carboxylic acids is 1. The van der Waals surface area contributed by atoms with Gasteiger partial charge >= 0.3 is 0 Å². The molecule has 0 aromatic heterocycles. The summed E-state index contributed by atoms with van der Waals surface area (Å²) in [5.74, 6) is -0.213. The minimum atomic E-state index is -0.491. The van der Waals surface area contributed by atoms with Crippen LogP contribution in [0.5, 0.6) is 0 Å². The lowest BCUT2D eigenvalue weighted by Gasteiger charge is -2.09. The highest BCUT2D eigenvalue weighted by molar-refractivity contribution is 5.94. The number of hydrogen-bond acceptors (Lipinski definition) is 3. The van der Waals surface area contributed by atoms with Gasteiger partial charge in [-0.25, -0.2) is 0 Å². The summed E-state index contributed by atoms with van der Waals surface area (Å²) in [7, 11) is 0. The van der Waals surface area contributed by atoms with Crippen molar-refractivity contribution in [2.24, 2.45) is 0 Å². The van der Waals surface area contributed by atoms with Crippen LogP contribution in [0.1, 0.15) is 23.7 Å². The number of hydrogen-bond donors (Lipinski definition) is 3. The van der Waals surface area contributed by atoms with Crippen LogP contribution in [0.3, 0.4) is 0 Å². The molecule has 1 unspecified atom stereocenters. The molecule has 4 heteroatoms. The summed E-state index contributed by atoms with van der Waals surface area (Å²) >= 11 is 0. The second kappa shape index (κ2) is 5.36. The largest absolute Gasteiger partial charge is 0.399 e. The van der Waals surface area contributed by atoms with Crippen LogP contribution in [0.15, 0.2) is 24.3 Å². The van der Waals surface area contributed by atoms with E-state index in [9.17, 15) is 9.90 Å². The third kappa shape index (κ3) is 3.59. The van der Waals surface area contributed by atoms with Gasteiger partial charge in [0.25, 0.3) is 5.91 Å². The van der Waals surface area contributed by atoms with E-state index in [-0.39, 0.29) is 12.5 Å². The second-order valence-corrected chi connectivity index (χ2v) is 3.40. The summed E-state index contributed by atoms with van der Waals surface area (Å²) in [5, 5.41) is 11.9. The van der Waals surface area contributed by atoms with Crippen molar-refractivity contribution in [3.8, 4) is 0 Å². The van der Waals surface area contributed by atoms with Crippen LogP contribution in [-0.2, 0) is 0 Å². The third-order valence-electron chi connectivity index (χ3n) is 2.12. The van der Waals surface area contributed by atoms with E-state index in [1.165, 1.54) is 0 Å². The average molecular weight is 208 g/mol. The van der Waals surface area contributed by atoms with Gasteiger partial charge in [0.15, 0.2) is 0 Å². The van der Waals surface area contributed by atoms with Crippen molar-refractivity contribution in [2.75, 3.05) is 12.3 Å². The summed E-state index contributed by atoms with van der Waals surface area (Å²) in [5.41, 5.74) is 6.62. The molecular formula is C11H16N2O2. The fourth-order valence-electron chi connectivity index (χ4n) is 1.14. The Bertz CT molecular complexity index is 339. The molecule has 1 aromatic rings. The number of nitrogen functional groups attached to an aromatic ring is 1. The van der Waals surface area contributed by atoms with Crippen LogP contribution in [-0.4, -0.2) is 23.7 Å². The lowest BCUT2D eigenvalue weighted by Crippen LogP contribution is -2.31. The van der Waals surface area contributed by atoms with Gasteiger partial charge in [0.05, 0.1) is 6.10 Å². The highest BCUT2D eigenvalue weighted by atomic mass is 16.3. The zero-order chi connectivity index (χ0) is 11.3. The quantitative estimate of drug-likeness (QED) is 0.640. The maximum atomic E-state index is 11.5. The highest BCUT2D eigenvalue weighted by Crippen LogP contribution is 2.06. The first kappa shape index (κ1) is 11.5. The fraction of sp³-hybridized carbons (Fsp3) is 0.364. The van der Waals surface area contributed by atoms with Crippen molar-refractivity contribution in [3.05, 3.63) is 29.8 Å². The Labute approximate surface area is 89.1 Å². The van der Waals surface area contributed by atoms with Gasteiger partial charge in [0, 0.05) is 17.8 Å². The first-order valence-electron chi connectivity index (χ1n) is 4.95. The number of nitrogens with two attached hydrogens (primary N) is 1. The van der Waals surface area contributed by atoms with E-state index in [2.05, 4.69) is 5.32 Å². The average Bonchev–Trinajstić information content (AvgIpc) is 2.25. The Morgan fingerprint density at radius 1 is 1.60 bits per heavy atom. The van der Waals surface area contributed by atoms with E-state index < -0.39 is 6.10 Å². The molecule has 1 atom stereocenters. The zero-order valence-corrected chi connectivity index (χ0v) is 8.73. The Morgan fingerprint density at radius 3 is 2.93 bits per heavy atom. The number of aliphatic hydroxyl groups is 1. The van der Waals surface area contributed by atoms with Crippen molar-refractivity contribution in [2.45, 2.75) is 19.4 Å². The summed E-state index contributed by atoms with van der Waals surface area (Å²) in [6.45, 7) is 2.13. The SMILES string of the molecule is CCC(O)CNC(=O)c1cccc(N)c1. The topological polar surface area (TPSA) is 75.3 Å². The smallest absolute Gasteiger partial charge is 0.251 e. The van der Waals surface area contributed by atoms with Gasteiger partial charge in [-0.15, -0.1) is 0 Å². The molecule has 15 heavy (non-hydrogen) atoms. The van der Waals surface area contributed by atoms with Crippen molar-refractivity contribution in [3.63, 3.8) is 0 Å². The molecule has 0 radical (unpaired) electrons. The van der Waals surface area contributed by atoms with Crippen LogP contribution in [0.25, 0.3) is 0 Å². The van der Waals surface area contributed by atoms with E-state index >= 15 is 0 Å². The molecule has 0 heterocycles. The molecule has 4 nitrogen and oxygen atoms in total. The molecule has 0 fully saturated rings. The van der Waals surface area contributed by atoms with Crippen LogP contribution < -0.4 is 11.1 Å². The van der Waals surface area contributed by atoms with E-state index in [1.807, 2.05) is 6.92 Å². The van der Waals surface area contributed by atoms with Gasteiger partial charge in [0.1, 0.15) is 0 Å². The van der Waals surface area contributed by atoms with E-state index in [0.717, 1.165) is 0 Å². The summed E-state index contributed by atoms with van der Waals surface area (Å²) in [6, 6.07) is 6.73. The van der Waals surface area contributed by atoms with Crippen molar-refractivity contribution >= 4 is 11.6 Å². The molecule has 0 aliphatic heterocycles. The molecule has 1 aromatic carbocycles. The van der Waals surface area contributed by atoms with E-state index in [4.69, 9.17) is 5.73 Å². The van der Waals surface area contributed by atoms with Gasteiger partial charge in [-0.2, -0.15) is 0 Å². The molecule has 4 N–H and O–H groups in total. The highest BCUT2D eigenvalue weighted by Gasteiger charge is 2.07. The minimum absolute atomic E-state index is 0.213. The molecule has 0 saturated heterocycles. The molecule has 0 spiro atoms. The normalized spacial score (nSPS) is 12.1. The second-order valence-electron chi connectivity index (χ2n) is 3.40. The summed E-state index contributed by atoms with van der Waals surface area (Å²) in [4.78, 5) is 11.5. The van der Waals surface area contributed by atoms with Crippen LogP contribution in [0, 0.1) is 0 Å². The first-order chi connectivity index (χ1) is 7.13. The Morgan fingerprint density at radius 2 is 2.33 bits per heavy atom. The number of anilines is 1. The molecule has 0 bridgehead atoms. The van der Waals surface area contributed by atoms with Crippen LogP contribution in [0.4, 0.5) is 5.69 Å². The summed E-state index contributed by atoms with van der Waals surface area (Å²) < 4.78 is 0. The fourth-order valence-corrected chi connectivity index (χ4v) is 1.14. The number of carbonyl (C=O) groups is 1. The molecule has 1 amide bonds. The molecule has 0 aliphatic carbocycles. The van der Waals surface area contributed by atoms with E-state index in [1.54, 1.807) is 24.3 Å². The predicted molar refractivity (Wildman–Crippen MR) is 59.5 cm³/mol. The Kier molecular flexibility index (Phi) is 4.12. The predicted octanol–water partition coefficient (Wildman–Crippen LogP) is 0.770. The Hall–Kier alpha value is -1.55. The number of rotatable bonds is 4. The maximum Gasteiger partial charge on any atom is 0.251 e. The summed E-state index contributed by atoms with van der Waals surface area (Å²) in [6.07, 6.45) is 0.131. The van der Waals surface area contributed by atoms with Crippen LogP contribution in [0.2, 0.25) is 0 Å². The molecule has 0 saturated carbocycles.